The Balaban J connectivity index is 3.16. The average molecular weight is 262 g/mol. The third-order valence-electron chi connectivity index (χ3n) is 1.98. The normalized spacial score (nSPS) is 12.2. The van der Waals surface area contributed by atoms with Gasteiger partial charge in [-0.3, -0.25) is 4.21 Å². The molecule has 1 rings (SSSR count). The van der Waals surface area contributed by atoms with Gasteiger partial charge in [-0.25, -0.2) is 4.79 Å². The van der Waals surface area contributed by atoms with E-state index in [1.807, 2.05) is 0 Å². The minimum atomic E-state index is -1.01. The molecule has 16 heavy (non-hydrogen) atoms. The quantitative estimate of drug-likeness (QED) is 0.663. The van der Waals surface area contributed by atoms with E-state index in [1.165, 1.54) is 13.2 Å². The molecule has 1 aromatic carbocycles. The number of nitrogen functional groups attached to an aromatic ring is 1. The summed E-state index contributed by atoms with van der Waals surface area (Å²) in [7, 11) is 0.258. The van der Waals surface area contributed by atoms with Crippen molar-refractivity contribution in [2.75, 3.05) is 19.1 Å². The molecule has 2 N–H and O–H groups in total. The fraction of sp³-hybridized carbons (Fsp3) is 0.300. The highest BCUT2D eigenvalue weighted by atomic mass is 35.5. The number of hydrogen-bond donors (Lipinski definition) is 1. The lowest BCUT2D eigenvalue weighted by atomic mass is 10.1. The highest BCUT2D eigenvalue weighted by molar-refractivity contribution is 7.83. The molecule has 0 aliphatic heterocycles. The standard InChI is InChI=1S/C10H12ClNO3S/c1-15-10(13)7-4-8(11)6(3-9(7)12)5-16(2)14/h3-4H,5,12H2,1-2H3. The number of hydrogen-bond acceptors (Lipinski definition) is 4. The molecule has 1 unspecified atom stereocenters. The summed E-state index contributed by atoms with van der Waals surface area (Å²) < 4.78 is 15.6. The molecule has 0 aliphatic carbocycles. The Morgan fingerprint density at radius 1 is 1.56 bits per heavy atom. The van der Waals surface area contributed by atoms with Gasteiger partial charge in [0.2, 0.25) is 0 Å². The molecular weight excluding hydrogens is 250 g/mol. The van der Waals surface area contributed by atoms with Crippen LogP contribution in [0.3, 0.4) is 0 Å². The first-order valence-corrected chi connectivity index (χ1v) is 6.52. The number of carbonyl (C=O) groups excluding carboxylic acids is 1. The molecule has 0 aromatic heterocycles. The second-order valence-corrected chi connectivity index (χ2v) is 5.08. The highest BCUT2D eigenvalue weighted by Crippen LogP contribution is 2.25. The first-order valence-electron chi connectivity index (χ1n) is 4.42. The number of anilines is 1. The molecule has 0 fully saturated rings. The van der Waals surface area contributed by atoms with E-state index in [-0.39, 0.29) is 11.3 Å². The summed E-state index contributed by atoms with van der Waals surface area (Å²) in [6.07, 6.45) is 1.57. The fourth-order valence-corrected chi connectivity index (χ4v) is 2.24. The molecule has 6 heteroatoms. The summed E-state index contributed by atoms with van der Waals surface area (Å²) in [6.45, 7) is 0. The van der Waals surface area contributed by atoms with Gasteiger partial charge in [0.25, 0.3) is 0 Å². The van der Waals surface area contributed by atoms with Gasteiger partial charge in [0.1, 0.15) is 0 Å². The van der Waals surface area contributed by atoms with Crippen molar-refractivity contribution in [1.82, 2.24) is 0 Å². The van der Waals surface area contributed by atoms with Gasteiger partial charge in [-0.15, -0.1) is 0 Å². The van der Waals surface area contributed by atoms with Crippen molar-refractivity contribution in [2.45, 2.75) is 5.75 Å². The van der Waals surface area contributed by atoms with Gasteiger partial charge in [-0.05, 0) is 17.7 Å². The minimum Gasteiger partial charge on any atom is -0.465 e. The molecule has 4 nitrogen and oxygen atoms in total. The third-order valence-corrected chi connectivity index (χ3v) is 3.05. The lowest BCUT2D eigenvalue weighted by Crippen LogP contribution is -2.07. The van der Waals surface area contributed by atoms with Crippen LogP contribution in [0.1, 0.15) is 15.9 Å². The molecule has 88 valence electrons. The number of ether oxygens (including phenoxy) is 1. The van der Waals surface area contributed by atoms with Gasteiger partial charge < -0.3 is 10.5 Å². The predicted octanol–water partition coefficient (Wildman–Crippen LogP) is 1.59. The van der Waals surface area contributed by atoms with Gasteiger partial charge in [0.15, 0.2) is 0 Å². The van der Waals surface area contributed by atoms with Gasteiger partial charge in [-0.2, -0.15) is 0 Å². The van der Waals surface area contributed by atoms with Gasteiger partial charge in [-0.1, -0.05) is 11.6 Å². The smallest absolute Gasteiger partial charge is 0.340 e. The molecule has 0 heterocycles. The molecule has 0 saturated carbocycles. The molecule has 0 bridgehead atoms. The van der Waals surface area contributed by atoms with E-state index in [4.69, 9.17) is 17.3 Å². The van der Waals surface area contributed by atoms with Crippen LogP contribution in [0.4, 0.5) is 5.69 Å². The zero-order chi connectivity index (χ0) is 12.3. The first-order chi connectivity index (χ1) is 7.45. The number of halogens is 1. The van der Waals surface area contributed by atoms with E-state index < -0.39 is 16.8 Å². The minimum absolute atomic E-state index is 0.220. The molecule has 0 spiro atoms. The molecule has 0 aliphatic rings. The maximum absolute atomic E-state index is 11.3. The fourth-order valence-electron chi connectivity index (χ4n) is 1.25. The lowest BCUT2D eigenvalue weighted by Gasteiger charge is -2.08. The van der Waals surface area contributed by atoms with Crippen LogP contribution in [0.15, 0.2) is 12.1 Å². The van der Waals surface area contributed by atoms with E-state index in [2.05, 4.69) is 4.74 Å². The topological polar surface area (TPSA) is 69.4 Å². The van der Waals surface area contributed by atoms with Crippen LogP contribution in [0.5, 0.6) is 0 Å². The number of nitrogens with two attached hydrogens (primary N) is 1. The number of rotatable bonds is 3. The van der Waals surface area contributed by atoms with Crippen LogP contribution in [-0.4, -0.2) is 23.5 Å². The van der Waals surface area contributed by atoms with Crippen molar-refractivity contribution in [2.24, 2.45) is 0 Å². The molecule has 1 aromatic rings. The number of carbonyl (C=O) groups is 1. The van der Waals surface area contributed by atoms with E-state index in [1.54, 1.807) is 12.3 Å². The Hall–Kier alpha value is -1.07. The molecule has 1 atom stereocenters. The summed E-state index contributed by atoms with van der Waals surface area (Å²) in [4.78, 5) is 11.3. The van der Waals surface area contributed by atoms with E-state index >= 15 is 0 Å². The van der Waals surface area contributed by atoms with Crippen molar-refractivity contribution in [3.63, 3.8) is 0 Å². The average Bonchev–Trinajstić information content (AvgIpc) is 2.21. The zero-order valence-electron chi connectivity index (χ0n) is 8.95. The number of esters is 1. The van der Waals surface area contributed by atoms with Crippen LogP contribution in [-0.2, 0) is 21.3 Å². The van der Waals surface area contributed by atoms with Crippen molar-refractivity contribution >= 4 is 34.1 Å². The van der Waals surface area contributed by atoms with Gasteiger partial charge in [0, 0.05) is 33.5 Å². The Morgan fingerprint density at radius 2 is 2.19 bits per heavy atom. The highest BCUT2D eigenvalue weighted by Gasteiger charge is 2.14. The second kappa shape index (κ2) is 5.32. The maximum atomic E-state index is 11.3. The van der Waals surface area contributed by atoms with E-state index in [0.29, 0.717) is 16.3 Å². The maximum Gasteiger partial charge on any atom is 0.340 e. The Morgan fingerprint density at radius 3 is 2.69 bits per heavy atom. The SMILES string of the molecule is COC(=O)c1cc(Cl)c(CS(C)=O)cc1N. The van der Waals surface area contributed by atoms with Gasteiger partial charge >= 0.3 is 5.97 Å². The summed E-state index contributed by atoms with van der Waals surface area (Å²) in [5.41, 5.74) is 6.84. The summed E-state index contributed by atoms with van der Waals surface area (Å²) >= 11 is 5.95. The first kappa shape index (κ1) is 13.0. The predicted molar refractivity (Wildman–Crippen MR) is 65.0 cm³/mol. The van der Waals surface area contributed by atoms with Crippen LogP contribution in [0.25, 0.3) is 0 Å². The number of benzene rings is 1. The molecule has 0 radical (unpaired) electrons. The summed E-state index contributed by atoms with van der Waals surface area (Å²) in [5, 5.41) is 0.366. The number of methoxy groups -OCH3 is 1. The van der Waals surface area contributed by atoms with Crippen LogP contribution in [0.2, 0.25) is 5.02 Å². The summed E-state index contributed by atoms with van der Waals surface area (Å²) in [6, 6.07) is 2.99. The van der Waals surface area contributed by atoms with Crippen LogP contribution in [0, 0.1) is 0 Å². The Bertz CT molecular complexity index is 448. The monoisotopic (exact) mass is 261 g/mol. The molecular formula is C10H12ClNO3S. The lowest BCUT2D eigenvalue weighted by molar-refractivity contribution is 0.0602. The third kappa shape index (κ3) is 2.96. The van der Waals surface area contributed by atoms with Crippen molar-refractivity contribution in [3.05, 3.63) is 28.3 Å². The Kier molecular flexibility index (Phi) is 4.32. The summed E-state index contributed by atoms with van der Waals surface area (Å²) in [5.74, 6) is -0.228. The zero-order valence-corrected chi connectivity index (χ0v) is 10.5. The van der Waals surface area contributed by atoms with Crippen molar-refractivity contribution in [1.29, 1.82) is 0 Å². The van der Waals surface area contributed by atoms with E-state index in [0.717, 1.165) is 0 Å². The van der Waals surface area contributed by atoms with Crippen molar-refractivity contribution in [3.8, 4) is 0 Å². The Labute approximate surface area is 101 Å². The second-order valence-electron chi connectivity index (χ2n) is 3.24. The van der Waals surface area contributed by atoms with E-state index in [9.17, 15) is 9.00 Å². The largest absolute Gasteiger partial charge is 0.465 e. The van der Waals surface area contributed by atoms with Crippen LogP contribution >= 0.6 is 11.6 Å². The van der Waals surface area contributed by atoms with Gasteiger partial charge in [0.05, 0.1) is 12.7 Å². The van der Waals surface area contributed by atoms with Crippen LogP contribution < -0.4 is 5.73 Å². The molecule has 0 amide bonds. The van der Waals surface area contributed by atoms with Crippen molar-refractivity contribution < 1.29 is 13.7 Å². The molecule has 0 saturated heterocycles.